The summed E-state index contributed by atoms with van der Waals surface area (Å²) in [7, 11) is 0. The number of para-hydroxylation sites is 1. The molecule has 1 atom stereocenters. The van der Waals surface area contributed by atoms with E-state index in [9.17, 15) is 19.5 Å². The van der Waals surface area contributed by atoms with Crippen molar-refractivity contribution in [3.63, 3.8) is 0 Å². The first-order valence-corrected chi connectivity index (χ1v) is 16.2. The van der Waals surface area contributed by atoms with E-state index in [0.717, 1.165) is 31.2 Å². The second-order valence-electron chi connectivity index (χ2n) is 11.4. The molecule has 0 aliphatic carbocycles. The van der Waals surface area contributed by atoms with Crippen molar-refractivity contribution in [3.05, 3.63) is 131 Å². The van der Waals surface area contributed by atoms with Gasteiger partial charge in [-0.05, 0) is 61.1 Å². The minimum Gasteiger partial charge on any atom is -0.494 e. The number of aliphatic carboxylic acids is 1. The molecule has 4 rings (SSSR count). The molecule has 0 radical (unpaired) electrons. The summed E-state index contributed by atoms with van der Waals surface area (Å²) < 4.78 is 5.82. The van der Waals surface area contributed by atoms with Gasteiger partial charge in [0.1, 0.15) is 11.8 Å². The van der Waals surface area contributed by atoms with Gasteiger partial charge in [0, 0.05) is 36.2 Å². The number of nitrogens with one attached hydrogen (secondary N) is 2. The molecule has 0 saturated carbocycles. The summed E-state index contributed by atoms with van der Waals surface area (Å²) in [6.07, 6.45) is 8.12. The van der Waals surface area contributed by atoms with Crippen LogP contribution in [0.15, 0.2) is 109 Å². The molecule has 0 aliphatic heterocycles. The molecule has 0 aromatic heterocycles. The number of carbonyl (C=O) groups is 3. The largest absolute Gasteiger partial charge is 0.494 e. The molecule has 3 N–H and O–H groups in total. The van der Waals surface area contributed by atoms with E-state index in [1.54, 1.807) is 48.5 Å². The van der Waals surface area contributed by atoms with Gasteiger partial charge >= 0.3 is 5.97 Å². The van der Waals surface area contributed by atoms with Crippen LogP contribution in [0.4, 0.5) is 5.69 Å². The van der Waals surface area contributed by atoms with E-state index in [-0.39, 0.29) is 18.1 Å². The number of carboxylic acid groups (broad SMARTS) is 1. The van der Waals surface area contributed by atoms with Crippen LogP contribution in [0, 0.1) is 0 Å². The molecule has 4 aromatic rings. The van der Waals surface area contributed by atoms with Gasteiger partial charge in [-0.25, -0.2) is 4.79 Å². The third-order valence-electron chi connectivity index (χ3n) is 7.82. The molecule has 0 unspecified atom stereocenters. The summed E-state index contributed by atoms with van der Waals surface area (Å²) in [5.41, 5.74) is 3.65. The Morgan fingerprint density at radius 3 is 2.07 bits per heavy atom. The van der Waals surface area contributed by atoms with Crippen molar-refractivity contribution >= 4 is 23.3 Å². The normalized spacial score (nSPS) is 11.4. The minimum atomic E-state index is -1.01. The third-order valence-corrected chi connectivity index (χ3v) is 7.82. The van der Waals surface area contributed by atoms with Gasteiger partial charge in [-0.1, -0.05) is 104 Å². The topological polar surface area (TPSA) is 105 Å². The molecule has 0 saturated heterocycles. The summed E-state index contributed by atoms with van der Waals surface area (Å²) in [5, 5.41) is 16.0. The first-order chi connectivity index (χ1) is 22.5. The molecule has 1 amide bonds. The number of rotatable bonds is 20. The highest BCUT2D eigenvalue weighted by Gasteiger charge is 2.21. The van der Waals surface area contributed by atoms with Crippen LogP contribution in [0.2, 0.25) is 0 Å². The van der Waals surface area contributed by atoms with Crippen LogP contribution in [0.3, 0.4) is 0 Å². The fourth-order valence-electron chi connectivity index (χ4n) is 5.27. The lowest BCUT2D eigenvalue weighted by atomic mass is 10.00. The average Bonchev–Trinajstić information content (AvgIpc) is 3.09. The average molecular weight is 621 g/mol. The highest BCUT2D eigenvalue weighted by Crippen LogP contribution is 2.22. The Morgan fingerprint density at radius 1 is 0.674 bits per heavy atom. The third kappa shape index (κ3) is 11.5. The van der Waals surface area contributed by atoms with Crippen molar-refractivity contribution in [2.75, 3.05) is 18.5 Å². The molecule has 7 heteroatoms. The van der Waals surface area contributed by atoms with E-state index >= 15 is 0 Å². The molecular formula is C39H44N2O5. The number of ketones is 1. The molecular weight excluding hydrogens is 576 g/mol. The second-order valence-corrected chi connectivity index (χ2v) is 11.4. The summed E-state index contributed by atoms with van der Waals surface area (Å²) >= 11 is 0. The van der Waals surface area contributed by atoms with Crippen molar-refractivity contribution < 1.29 is 24.2 Å². The lowest BCUT2D eigenvalue weighted by molar-refractivity contribution is -0.137. The molecule has 46 heavy (non-hydrogen) atoms. The van der Waals surface area contributed by atoms with Gasteiger partial charge in [0.25, 0.3) is 0 Å². The van der Waals surface area contributed by atoms with E-state index in [1.807, 2.05) is 36.4 Å². The number of ether oxygens (including phenoxy) is 1. The number of unbranched alkanes of at least 4 members (excludes halogenated alkanes) is 4. The molecule has 7 nitrogen and oxygen atoms in total. The Labute approximate surface area is 272 Å². The molecule has 0 bridgehead atoms. The summed E-state index contributed by atoms with van der Waals surface area (Å²) in [6, 6.07) is 32.8. The monoisotopic (exact) mass is 620 g/mol. The Balaban J connectivity index is 1.12. The molecule has 0 spiro atoms. The fourth-order valence-corrected chi connectivity index (χ4v) is 5.27. The van der Waals surface area contributed by atoms with E-state index in [4.69, 9.17) is 4.74 Å². The van der Waals surface area contributed by atoms with Gasteiger partial charge < -0.3 is 20.5 Å². The predicted octanol–water partition coefficient (Wildman–Crippen LogP) is 7.49. The van der Waals surface area contributed by atoms with Crippen molar-refractivity contribution in [2.45, 2.75) is 63.8 Å². The number of carboxylic acids is 1. The zero-order valence-electron chi connectivity index (χ0n) is 26.3. The summed E-state index contributed by atoms with van der Waals surface area (Å²) in [6.45, 7) is 1.03. The minimum absolute atomic E-state index is 0.0855. The molecule has 4 aromatic carbocycles. The van der Waals surface area contributed by atoms with Crippen LogP contribution in [0.5, 0.6) is 5.75 Å². The van der Waals surface area contributed by atoms with E-state index < -0.39 is 12.0 Å². The van der Waals surface area contributed by atoms with Crippen molar-refractivity contribution in [3.8, 4) is 5.75 Å². The number of aryl methyl sites for hydroxylation is 1. The maximum atomic E-state index is 13.1. The van der Waals surface area contributed by atoms with Crippen LogP contribution < -0.4 is 15.4 Å². The highest BCUT2D eigenvalue weighted by molar-refractivity contribution is 6.12. The Kier molecular flexibility index (Phi) is 13.9. The van der Waals surface area contributed by atoms with Gasteiger partial charge in [0.15, 0.2) is 5.78 Å². The van der Waals surface area contributed by atoms with E-state index in [1.165, 1.54) is 18.4 Å². The number of hydrogen-bond donors (Lipinski definition) is 3. The SMILES string of the molecule is O=C(CCCCCCCc1ccccc1)NCCCOc1ccc(C[C@H](Nc2ccccc2C(=O)c2ccccc2)C(=O)O)cc1. The fraction of sp³-hybridized carbons (Fsp3) is 0.308. The van der Waals surface area contributed by atoms with Gasteiger partial charge in [0.2, 0.25) is 5.91 Å². The van der Waals surface area contributed by atoms with Crippen LogP contribution in [0.25, 0.3) is 0 Å². The van der Waals surface area contributed by atoms with Crippen molar-refractivity contribution in [2.24, 2.45) is 0 Å². The zero-order chi connectivity index (χ0) is 32.4. The second kappa shape index (κ2) is 18.8. The Hall–Kier alpha value is -4.91. The lowest BCUT2D eigenvalue weighted by Gasteiger charge is -2.18. The van der Waals surface area contributed by atoms with Crippen LogP contribution >= 0.6 is 0 Å². The highest BCUT2D eigenvalue weighted by atomic mass is 16.5. The number of amides is 1. The molecule has 240 valence electrons. The first kappa shape index (κ1) is 34.0. The Morgan fingerprint density at radius 2 is 1.33 bits per heavy atom. The molecule has 0 heterocycles. The lowest BCUT2D eigenvalue weighted by Crippen LogP contribution is -2.32. The first-order valence-electron chi connectivity index (χ1n) is 16.2. The molecule has 0 fully saturated rings. The van der Waals surface area contributed by atoms with Gasteiger partial charge in [-0.2, -0.15) is 0 Å². The predicted molar refractivity (Wildman–Crippen MR) is 182 cm³/mol. The van der Waals surface area contributed by atoms with E-state index in [0.29, 0.717) is 48.6 Å². The maximum absolute atomic E-state index is 13.1. The standard InChI is InChI=1S/C39H44N2O5/c42-37(22-11-3-1-2-6-15-30-16-7-4-8-17-30)40-27-14-28-46-33-25-23-31(24-26-33)29-36(39(44)45)41-35-21-13-12-20-34(35)38(43)32-18-9-5-10-19-32/h4-5,7-10,12-13,16-21,23-26,36,41H,1-3,6,11,14-15,22,27-29H2,(H,40,42)(H,44,45)/t36-/m0/s1. The quantitative estimate of drug-likeness (QED) is 0.0699. The van der Waals surface area contributed by atoms with Gasteiger partial charge in [-0.3, -0.25) is 9.59 Å². The number of hydrogen-bond acceptors (Lipinski definition) is 5. The summed E-state index contributed by atoms with van der Waals surface area (Å²) in [4.78, 5) is 37.3. The molecule has 0 aliphatic rings. The van der Waals surface area contributed by atoms with Crippen molar-refractivity contribution in [1.29, 1.82) is 0 Å². The number of anilines is 1. The van der Waals surface area contributed by atoms with Crippen molar-refractivity contribution in [1.82, 2.24) is 5.32 Å². The summed E-state index contributed by atoms with van der Waals surface area (Å²) in [5.74, 6) is -0.416. The smallest absolute Gasteiger partial charge is 0.326 e. The maximum Gasteiger partial charge on any atom is 0.326 e. The van der Waals surface area contributed by atoms with Crippen LogP contribution in [-0.4, -0.2) is 42.0 Å². The van der Waals surface area contributed by atoms with Crippen LogP contribution in [-0.2, 0) is 22.4 Å². The van der Waals surface area contributed by atoms with Gasteiger partial charge in [-0.15, -0.1) is 0 Å². The van der Waals surface area contributed by atoms with Gasteiger partial charge in [0.05, 0.1) is 6.61 Å². The van der Waals surface area contributed by atoms with Crippen LogP contribution in [0.1, 0.15) is 72.0 Å². The number of benzene rings is 4. The Bertz CT molecular complexity index is 1510. The zero-order valence-corrected chi connectivity index (χ0v) is 26.3. The van der Waals surface area contributed by atoms with E-state index in [2.05, 4.69) is 34.9 Å². The number of carbonyl (C=O) groups excluding carboxylic acids is 2.